The molecule has 0 radical (unpaired) electrons. The molecule has 0 N–H and O–H groups in total. The van der Waals surface area contributed by atoms with E-state index in [1.807, 2.05) is 12.1 Å². The lowest BCUT2D eigenvalue weighted by atomic mass is 10.2. The van der Waals surface area contributed by atoms with Crippen LogP contribution in [0.2, 0.25) is 5.02 Å². The fourth-order valence-electron chi connectivity index (χ4n) is 3.95. The normalized spacial score (nSPS) is 21.8. The molecule has 2 fully saturated rings. The maximum atomic E-state index is 6.01. The number of nitrogens with zero attached hydrogens (tertiary/aromatic N) is 5. The maximum absolute atomic E-state index is 6.01. The average molecular weight is 436 g/mol. The van der Waals surface area contributed by atoms with Crippen molar-refractivity contribution >= 4 is 28.1 Å². The van der Waals surface area contributed by atoms with Crippen LogP contribution >= 0.6 is 22.9 Å². The summed E-state index contributed by atoms with van der Waals surface area (Å²) in [6, 6.07) is 8.55. The van der Waals surface area contributed by atoms with Crippen LogP contribution in [0.3, 0.4) is 0 Å². The van der Waals surface area contributed by atoms with E-state index in [2.05, 4.69) is 50.9 Å². The quantitative estimate of drug-likeness (QED) is 0.695. The van der Waals surface area contributed by atoms with E-state index in [0.717, 1.165) is 74.0 Å². The van der Waals surface area contributed by atoms with Gasteiger partial charge in [0.05, 0.1) is 12.7 Å². The zero-order chi connectivity index (χ0) is 20.2. The molecule has 1 aromatic heterocycles. The van der Waals surface area contributed by atoms with Gasteiger partial charge >= 0.3 is 0 Å². The Morgan fingerprint density at radius 1 is 1.10 bits per heavy atom. The van der Waals surface area contributed by atoms with Crippen LogP contribution in [-0.4, -0.2) is 84.6 Å². The number of halogens is 1. The summed E-state index contributed by atoms with van der Waals surface area (Å²) in [6.45, 7) is 12.6. The highest BCUT2D eigenvalue weighted by Crippen LogP contribution is 2.24. The van der Waals surface area contributed by atoms with Gasteiger partial charge < -0.3 is 9.64 Å². The SMILES string of the molecule is CC(C)N1CCOC(CN2CCN(c3nnc(Cc4ccc(Cl)cc4)s3)CC2)C1. The minimum atomic E-state index is 0.324. The topological polar surface area (TPSA) is 44.7 Å². The number of rotatable bonds is 6. The molecule has 0 aliphatic carbocycles. The second-order valence-electron chi connectivity index (χ2n) is 8.15. The molecule has 1 atom stereocenters. The molecule has 0 bridgehead atoms. The molecule has 2 aliphatic heterocycles. The largest absolute Gasteiger partial charge is 0.374 e. The van der Waals surface area contributed by atoms with E-state index in [0.29, 0.717) is 12.1 Å². The summed E-state index contributed by atoms with van der Waals surface area (Å²) in [4.78, 5) is 7.41. The van der Waals surface area contributed by atoms with Crippen molar-refractivity contribution in [1.29, 1.82) is 0 Å². The Morgan fingerprint density at radius 3 is 2.59 bits per heavy atom. The predicted octanol–water partition coefficient (Wildman–Crippen LogP) is 3.01. The van der Waals surface area contributed by atoms with Gasteiger partial charge in [-0.1, -0.05) is 35.1 Å². The van der Waals surface area contributed by atoms with Crippen molar-refractivity contribution in [2.45, 2.75) is 32.4 Å². The number of anilines is 1. The van der Waals surface area contributed by atoms with Gasteiger partial charge in [0.15, 0.2) is 0 Å². The first kappa shape index (κ1) is 21.0. The monoisotopic (exact) mass is 435 g/mol. The Bertz CT molecular complexity index is 776. The highest BCUT2D eigenvalue weighted by Gasteiger charge is 2.26. The number of aromatic nitrogens is 2. The van der Waals surface area contributed by atoms with Gasteiger partial charge in [0, 0.05) is 63.3 Å². The molecule has 4 rings (SSSR count). The van der Waals surface area contributed by atoms with Gasteiger partial charge in [-0.15, -0.1) is 10.2 Å². The molecule has 1 unspecified atom stereocenters. The van der Waals surface area contributed by atoms with Gasteiger partial charge in [-0.3, -0.25) is 9.80 Å². The van der Waals surface area contributed by atoms with Crippen molar-refractivity contribution in [3.05, 3.63) is 39.9 Å². The van der Waals surface area contributed by atoms with Crippen molar-refractivity contribution in [2.75, 3.05) is 57.3 Å². The summed E-state index contributed by atoms with van der Waals surface area (Å²) in [5.41, 5.74) is 1.21. The molecule has 3 heterocycles. The highest BCUT2D eigenvalue weighted by molar-refractivity contribution is 7.15. The molecule has 2 aliphatic rings. The zero-order valence-corrected chi connectivity index (χ0v) is 18.8. The third kappa shape index (κ3) is 5.67. The van der Waals surface area contributed by atoms with Crippen LogP contribution in [0.4, 0.5) is 5.13 Å². The molecular formula is C21H30ClN5OS. The molecule has 0 amide bonds. The summed E-state index contributed by atoms with van der Waals surface area (Å²) in [5, 5.41) is 11.7. The lowest BCUT2D eigenvalue weighted by Gasteiger charge is -2.40. The first-order valence-corrected chi connectivity index (χ1v) is 11.7. The van der Waals surface area contributed by atoms with Crippen LogP contribution in [0.15, 0.2) is 24.3 Å². The summed E-state index contributed by atoms with van der Waals surface area (Å²) >= 11 is 7.67. The lowest BCUT2D eigenvalue weighted by molar-refractivity contribution is -0.0525. The van der Waals surface area contributed by atoms with Crippen molar-refractivity contribution < 1.29 is 4.74 Å². The van der Waals surface area contributed by atoms with Gasteiger partial charge in [0.25, 0.3) is 0 Å². The number of morpholine rings is 1. The van der Waals surface area contributed by atoms with E-state index in [1.165, 1.54) is 5.56 Å². The standard InChI is InChI=1S/C21H30ClN5OS/c1-16(2)27-11-12-28-19(15-27)14-25-7-9-26(10-8-25)21-24-23-20(29-21)13-17-3-5-18(22)6-4-17/h3-6,16,19H,7-15H2,1-2H3. The lowest BCUT2D eigenvalue weighted by Crippen LogP contribution is -2.53. The van der Waals surface area contributed by atoms with E-state index in [1.54, 1.807) is 11.3 Å². The van der Waals surface area contributed by atoms with Crippen LogP contribution in [0.1, 0.15) is 24.4 Å². The van der Waals surface area contributed by atoms with Gasteiger partial charge in [0.1, 0.15) is 5.01 Å². The first-order valence-electron chi connectivity index (χ1n) is 10.5. The van der Waals surface area contributed by atoms with Crippen LogP contribution in [0.25, 0.3) is 0 Å². The molecule has 2 aromatic rings. The summed E-state index contributed by atoms with van der Waals surface area (Å²) < 4.78 is 6.01. The summed E-state index contributed by atoms with van der Waals surface area (Å²) in [6.07, 6.45) is 1.13. The fraction of sp³-hybridized carbons (Fsp3) is 0.619. The molecule has 0 saturated carbocycles. The number of piperazine rings is 1. The van der Waals surface area contributed by atoms with Crippen molar-refractivity contribution in [3.8, 4) is 0 Å². The molecule has 1 aromatic carbocycles. The maximum Gasteiger partial charge on any atom is 0.208 e. The fourth-order valence-corrected chi connectivity index (χ4v) is 5.00. The Hall–Kier alpha value is -1.25. The molecule has 158 valence electrons. The van der Waals surface area contributed by atoms with Crippen molar-refractivity contribution in [3.63, 3.8) is 0 Å². The first-order chi connectivity index (χ1) is 14.1. The number of benzene rings is 1. The Morgan fingerprint density at radius 2 is 1.86 bits per heavy atom. The smallest absolute Gasteiger partial charge is 0.208 e. The number of hydrogen-bond donors (Lipinski definition) is 0. The Labute approximate surface area is 182 Å². The molecule has 8 heteroatoms. The molecule has 29 heavy (non-hydrogen) atoms. The van der Waals surface area contributed by atoms with Gasteiger partial charge in [0.2, 0.25) is 5.13 Å². The molecule has 0 spiro atoms. The highest BCUT2D eigenvalue weighted by atomic mass is 35.5. The van der Waals surface area contributed by atoms with Crippen molar-refractivity contribution in [2.24, 2.45) is 0 Å². The van der Waals surface area contributed by atoms with Crippen LogP contribution < -0.4 is 4.90 Å². The van der Waals surface area contributed by atoms with Crippen LogP contribution in [0.5, 0.6) is 0 Å². The third-order valence-electron chi connectivity index (χ3n) is 5.73. The van der Waals surface area contributed by atoms with Crippen molar-refractivity contribution in [1.82, 2.24) is 20.0 Å². The van der Waals surface area contributed by atoms with E-state index in [4.69, 9.17) is 16.3 Å². The number of ether oxygens (including phenoxy) is 1. The summed E-state index contributed by atoms with van der Waals surface area (Å²) in [7, 11) is 0. The average Bonchev–Trinajstić information content (AvgIpc) is 3.19. The van der Waals surface area contributed by atoms with Gasteiger partial charge in [-0.05, 0) is 31.5 Å². The second-order valence-corrected chi connectivity index (χ2v) is 9.63. The minimum Gasteiger partial charge on any atom is -0.374 e. The second kappa shape index (κ2) is 9.71. The van der Waals surface area contributed by atoms with Gasteiger partial charge in [-0.25, -0.2) is 0 Å². The number of hydrogen-bond acceptors (Lipinski definition) is 7. The minimum absolute atomic E-state index is 0.324. The van der Waals surface area contributed by atoms with E-state index in [-0.39, 0.29) is 0 Å². The zero-order valence-electron chi connectivity index (χ0n) is 17.3. The van der Waals surface area contributed by atoms with Crippen LogP contribution in [-0.2, 0) is 11.2 Å². The van der Waals surface area contributed by atoms with E-state index >= 15 is 0 Å². The Balaban J connectivity index is 1.25. The van der Waals surface area contributed by atoms with E-state index < -0.39 is 0 Å². The third-order valence-corrected chi connectivity index (χ3v) is 6.97. The summed E-state index contributed by atoms with van der Waals surface area (Å²) in [5.74, 6) is 0. The molecular weight excluding hydrogens is 406 g/mol. The van der Waals surface area contributed by atoms with Crippen LogP contribution in [0, 0.1) is 0 Å². The predicted molar refractivity (Wildman–Crippen MR) is 119 cm³/mol. The Kier molecular flexibility index (Phi) is 7.03. The molecule has 6 nitrogen and oxygen atoms in total. The van der Waals surface area contributed by atoms with Gasteiger partial charge in [-0.2, -0.15) is 0 Å². The molecule has 2 saturated heterocycles. The van der Waals surface area contributed by atoms with E-state index in [9.17, 15) is 0 Å².